The van der Waals surface area contributed by atoms with Gasteiger partial charge >= 0.3 is 0 Å². The number of aryl methyl sites for hydroxylation is 1. The molecule has 0 radical (unpaired) electrons. The number of amides is 1. The Balaban J connectivity index is 1.75. The van der Waals surface area contributed by atoms with Crippen molar-refractivity contribution in [1.82, 2.24) is 9.88 Å². The lowest BCUT2D eigenvalue weighted by Crippen LogP contribution is -2.29. The van der Waals surface area contributed by atoms with Crippen molar-refractivity contribution in [2.75, 3.05) is 44.4 Å². The summed E-state index contributed by atoms with van der Waals surface area (Å²) in [7, 11) is 6.18. The number of nitrogens with one attached hydrogen (secondary N) is 1. The van der Waals surface area contributed by atoms with Crippen molar-refractivity contribution in [3.05, 3.63) is 70.8 Å². The molecule has 0 spiro atoms. The lowest BCUT2D eigenvalue weighted by atomic mass is 10.1. The molecule has 0 aliphatic heterocycles. The minimum absolute atomic E-state index is 0.208. The van der Waals surface area contributed by atoms with Crippen molar-refractivity contribution < 1.29 is 4.79 Å². The highest BCUT2D eigenvalue weighted by Crippen LogP contribution is 2.25. The number of halogens is 1. The summed E-state index contributed by atoms with van der Waals surface area (Å²) in [5.74, 6) is 0.737. The molecule has 0 fully saturated rings. The van der Waals surface area contributed by atoms with Gasteiger partial charge in [0.25, 0.3) is 0 Å². The minimum Gasteiger partial charge on any atom is -0.358 e. The number of benzene rings is 2. The molecule has 0 saturated heterocycles. The zero-order valence-corrected chi connectivity index (χ0v) is 18.6. The van der Waals surface area contributed by atoms with Crippen LogP contribution < -0.4 is 10.2 Å². The van der Waals surface area contributed by atoms with Crippen LogP contribution in [0.5, 0.6) is 0 Å². The first-order valence-corrected chi connectivity index (χ1v) is 10.2. The van der Waals surface area contributed by atoms with Gasteiger partial charge in [-0.3, -0.25) is 4.79 Å². The molecule has 3 aromatic rings. The van der Waals surface area contributed by atoms with E-state index in [-0.39, 0.29) is 5.91 Å². The zero-order chi connectivity index (χ0) is 21.7. The van der Waals surface area contributed by atoms with Crippen molar-refractivity contribution >= 4 is 46.0 Å². The maximum Gasteiger partial charge on any atom is 0.248 e. The molecule has 1 N–H and O–H groups in total. The third-order valence-corrected chi connectivity index (χ3v) is 5.21. The number of likely N-dealkylation sites (N-methyl/N-ethyl adjacent to an activating group) is 2. The van der Waals surface area contributed by atoms with Gasteiger partial charge in [-0.1, -0.05) is 29.8 Å². The summed E-state index contributed by atoms with van der Waals surface area (Å²) in [5.41, 5.74) is 3.56. The molecule has 1 aromatic heterocycles. The minimum atomic E-state index is -0.208. The molecule has 0 bridgehead atoms. The molecule has 0 saturated carbocycles. The molecule has 1 heterocycles. The molecule has 3 rings (SSSR count). The summed E-state index contributed by atoms with van der Waals surface area (Å²) in [6.07, 6.45) is 3.20. The number of fused-ring (bicyclic) bond motifs is 1. The zero-order valence-electron chi connectivity index (χ0n) is 17.8. The number of anilines is 2. The van der Waals surface area contributed by atoms with E-state index in [0.29, 0.717) is 5.02 Å². The smallest absolute Gasteiger partial charge is 0.248 e. The first-order valence-electron chi connectivity index (χ1n) is 9.84. The largest absolute Gasteiger partial charge is 0.358 e. The highest BCUT2D eigenvalue weighted by Gasteiger charge is 2.09. The average molecular weight is 423 g/mol. The number of rotatable bonds is 7. The van der Waals surface area contributed by atoms with E-state index in [2.05, 4.69) is 49.2 Å². The second kappa shape index (κ2) is 9.74. The fraction of sp³-hybridized carbons (Fsp3) is 0.250. The van der Waals surface area contributed by atoms with E-state index in [4.69, 9.17) is 16.6 Å². The Bertz CT molecular complexity index is 1080. The average Bonchev–Trinajstić information content (AvgIpc) is 2.71. The highest BCUT2D eigenvalue weighted by atomic mass is 35.5. The van der Waals surface area contributed by atoms with E-state index >= 15 is 0 Å². The molecule has 6 heteroatoms. The van der Waals surface area contributed by atoms with Crippen LogP contribution in [0.15, 0.2) is 54.6 Å². The fourth-order valence-corrected chi connectivity index (χ4v) is 3.27. The van der Waals surface area contributed by atoms with Gasteiger partial charge in [-0.25, -0.2) is 4.98 Å². The van der Waals surface area contributed by atoms with Crippen LogP contribution in [-0.2, 0) is 4.79 Å². The van der Waals surface area contributed by atoms with Gasteiger partial charge < -0.3 is 15.1 Å². The van der Waals surface area contributed by atoms with Crippen molar-refractivity contribution in [3.63, 3.8) is 0 Å². The van der Waals surface area contributed by atoms with Gasteiger partial charge in [-0.05, 0) is 68.6 Å². The summed E-state index contributed by atoms with van der Waals surface area (Å²) in [4.78, 5) is 21.4. The Morgan fingerprint density at radius 3 is 2.60 bits per heavy atom. The highest BCUT2D eigenvalue weighted by molar-refractivity contribution is 6.32. The number of pyridine rings is 1. The summed E-state index contributed by atoms with van der Waals surface area (Å²) in [5, 5.41) is 4.54. The third kappa shape index (κ3) is 5.59. The first-order chi connectivity index (χ1) is 14.3. The molecule has 30 heavy (non-hydrogen) atoms. The van der Waals surface area contributed by atoms with E-state index in [1.807, 2.05) is 36.4 Å². The number of hydrogen-bond donors (Lipinski definition) is 1. The normalized spacial score (nSPS) is 11.4. The topological polar surface area (TPSA) is 48.5 Å². The maximum absolute atomic E-state index is 12.3. The van der Waals surface area contributed by atoms with Crippen molar-refractivity contribution in [1.29, 1.82) is 0 Å². The third-order valence-electron chi connectivity index (χ3n) is 4.86. The van der Waals surface area contributed by atoms with Crippen LogP contribution in [0.4, 0.5) is 11.5 Å². The number of nitrogens with zero attached hydrogens (tertiary/aromatic N) is 3. The van der Waals surface area contributed by atoms with E-state index < -0.39 is 0 Å². The van der Waals surface area contributed by atoms with Crippen LogP contribution in [0.1, 0.15) is 11.1 Å². The van der Waals surface area contributed by atoms with Crippen molar-refractivity contribution in [2.45, 2.75) is 6.92 Å². The first kappa shape index (κ1) is 21.8. The number of aromatic nitrogens is 1. The van der Waals surface area contributed by atoms with E-state index in [1.165, 1.54) is 6.08 Å². The predicted octanol–water partition coefficient (Wildman–Crippen LogP) is 4.85. The molecule has 0 atom stereocenters. The molecule has 0 aliphatic carbocycles. The van der Waals surface area contributed by atoms with Gasteiger partial charge in [0.2, 0.25) is 5.91 Å². The summed E-state index contributed by atoms with van der Waals surface area (Å²) in [6.45, 7) is 3.93. The number of hydrogen-bond acceptors (Lipinski definition) is 4. The Hall–Kier alpha value is -2.89. The molecular weight excluding hydrogens is 396 g/mol. The lowest BCUT2D eigenvalue weighted by Gasteiger charge is -2.21. The van der Waals surface area contributed by atoms with Gasteiger partial charge in [0.1, 0.15) is 5.82 Å². The molecule has 0 unspecified atom stereocenters. The Morgan fingerprint density at radius 2 is 1.87 bits per heavy atom. The van der Waals surface area contributed by atoms with Crippen molar-refractivity contribution in [3.8, 4) is 0 Å². The fourth-order valence-electron chi connectivity index (χ4n) is 3.07. The van der Waals surface area contributed by atoms with Gasteiger partial charge in [-0.15, -0.1) is 0 Å². The van der Waals surface area contributed by atoms with Crippen molar-refractivity contribution in [2.24, 2.45) is 0 Å². The second-order valence-electron chi connectivity index (χ2n) is 7.60. The molecular formula is C24H27ClN4O. The number of carbonyl (C=O) groups is 1. The van der Waals surface area contributed by atoms with Crippen LogP contribution in [0.3, 0.4) is 0 Å². The van der Waals surface area contributed by atoms with E-state index in [9.17, 15) is 4.79 Å². The second-order valence-corrected chi connectivity index (χ2v) is 8.01. The van der Waals surface area contributed by atoms with E-state index in [1.54, 1.807) is 12.1 Å². The van der Waals surface area contributed by atoms with Gasteiger partial charge in [0.05, 0.1) is 5.52 Å². The van der Waals surface area contributed by atoms with Crippen LogP contribution in [0.25, 0.3) is 17.0 Å². The summed E-state index contributed by atoms with van der Waals surface area (Å²) in [6, 6.07) is 15.3. The Labute approximate surface area is 183 Å². The standard InChI is InChI=1S/C24H27ClN4O/c1-17-15-23(29(4)14-13-28(2)3)27-22-11-10-19(16-20(17)22)26-24(30)12-9-18-7-5-6-8-21(18)25/h5-12,15-16H,13-14H2,1-4H3,(H,26,30). The van der Waals surface area contributed by atoms with E-state index in [0.717, 1.165) is 46.6 Å². The Kier molecular flexibility index (Phi) is 7.08. The predicted molar refractivity (Wildman–Crippen MR) is 127 cm³/mol. The van der Waals surface area contributed by atoms with Gasteiger partial charge in [0.15, 0.2) is 0 Å². The quantitative estimate of drug-likeness (QED) is 0.553. The maximum atomic E-state index is 12.3. The summed E-state index contributed by atoms with van der Waals surface area (Å²) < 4.78 is 0. The molecule has 5 nitrogen and oxygen atoms in total. The molecule has 1 amide bonds. The lowest BCUT2D eigenvalue weighted by molar-refractivity contribution is -0.111. The van der Waals surface area contributed by atoms with Gasteiger partial charge in [-0.2, -0.15) is 0 Å². The van der Waals surface area contributed by atoms with Crippen LogP contribution in [0, 0.1) is 6.92 Å². The monoisotopic (exact) mass is 422 g/mol. The van der Waals surface area contributed by atoms with Crippen LogP contribution in [-0.4, -0.2) is 50.0 Å². The van der Waals surface area contributed by atoms with Gasteiger partial charge in [0, 0.05) is 42.3 Å². The van der Waals surface area contributed by atoms with Crippen LogP contribution >= 0.6 is 11.6 Å². The SMILES string of the molecule is Cc1cc(N(C)CCN(C)C)nc2ccc(NC(=O)C=Cc3ccccc3Cl)cc12. The molecule has 0 aliphatic rings. The molecule has 2 aromatic carbocycles. The number of carbonyl (C=O) groups excluding carboxylic acids is 1. The molecule has 156 valence electrons. The van der Waals surface area contributed by atoms with Crippen LogP contribution in [0.2, 0.25) is 5.02 Å². The Morgan fingerprint density at radius 1 is 1.10 bits per heavy atom. The summed E-state index contributed by atoms with van der Waals surface area (Å²) >= 11 is 6.13.